The van der Waals surface area contributed by atoms with Crippen molar-refractivity contribution in [2.45, 2.75) is 0 Å². The van der Waals surface area contributed by atoms with Crippen LogP contribution in [0, 0.1) is 5.82 Å². The standard InChI is InChI=1S/C9H10FN3O/c10-6-2-1-3-7-8(6)9(13-12-7)14-5-4-11/h1-3H,4-5,11H2,(H,12,13). The van der Waals surface area contributed by atoms with Crippen LogP contribution in [0.5, 0.6) is 5.88 Å². The topological polar surface area (TPSA) is 63.9 Å². The third-order valence-corrected chi connectivity index (χ3v) is 1.86. The molecule has 0 amide bonds. The molecule has 0 bridgehead atoms. The molecule has 74 valence electrons. The summed E-state index contributed by atoms with van der Waals surface area (Å²) >= 11 is 0. The van der Waals surface area contributed by atoms with Gasteiger partial charge < -0.3 is 10.5 Å². The summed E-state index contributed by atoms with van der Waals surface area (Å²) < 4.78 is 18.5. The molecule has 1 heterocycles. The van der Waals surface area contributed by atoms with Crippen molar-refractivity contribution in [1.29, 1.82) is 0 Å². The van der Waals surface area contributed by atoms with Crippen LogP contribution in [0.4, 0.5) is 4.39 Å². The molecular weight excluding hydrogens is 185 g/mol. The van der Waals surface area contributed by atoms with Crippen LogP contribution in [0.3, 0.4) is 0 Å². The molecule has 3 N–H and O–H groups in total. The number of benzene rings is 1. The highest BCUT2D eigenvalue weighted by molar-refractivity contribution is 5.84. The number of fused-ring (bicyclic) bond motifs is 1. The van der Waals surface area contributed by atoms with Gasteiger partial charge in [-0.15, -0.1) is 5.10 Å². The molecule has 0 saturated carbocycles. The van der Waals surface area contributed by atoms with Gasteiger partial charge in [0.1, 0.15) is 12.4 Å². The van der Waals surface area contributed by atoms with E-state index in [4.69, 9.17) is 10.5 Å². The lowest BCUT2D eigenvalue weighted by Crippen LogP contribution is -2.10. The fourth-order valence-electron chi connectivity index (χ4n) is 1.26. The number of hydrogen-bond acceptors (Lipinski definition) is 3. The Hall–Kier alpha value is -1.62. The third-order valence-electron chi connectivity index (χ3n) is 1.86. The van der Waals surface area contributed by atoms with Crippen molar-refractivity contribution in [1.82, 2.24) is 10.2 Å². The average Bonchev–Trinajstić information content (AvgIpc) is 2.59. The fraction of sp³-hybridized carbons (Fsp3) is 0.222. The SMILES string of the molecule is NCCOc1n[nH]c2cccc(F)c12. The van der Waals surface area contributed by atoms with Gasteiger partial charge in [0.2, 0.25) is 5.88 Å². The first-order chi connectivity index (χ1) is 6.83. The molecule has 0 aliphatic heterocycles. The first kappa shape index (κ1) is 8.96. The summed E-state index contributed by atoms with van der Waals surface area (Å²) in [4.78, 5) is 0. The minimum absolute atomic E-state index is 0.267. The Balaban J connectivity index is 2.45. The number of nitrogens with two attached hydrogens (primary N) is 1. The molecule has 0 unspecified atom stereocenters. The number of ether oxygens (including phenoxy) is 1. The van der Waals surface area contributed by atoms with E-state index in [2.05, 4.69) is 10.2 Å². The maximum Gasteiger partial charge on any atom is 0.243 e. The van der Waals surface area contributed by atoms with Gasteiger partial charge >= 0.3 is 0 Å². The summed E-state index contributed by atoms with van der Waals surface area (Å²) in [5.41, 5.74) is 5.89. The summed E-state index contributed by atoms with van der Waals surface area (Å²) in [5.74, 6) is -0.0770. The molecule has 1 aromatic carbocycles. The predicted octanol–water partition coefficient (Wildman–Crippen LogP) is 1.04. The lowest BCUT2D eigenvalue weighted by Gasteiger charge is -2.00. The van der Waals surface area contributed by atoms with Crippen molar-refractivity contribution >= 4 is 10.9 Å². The monoisotopic (exact) mass is 195 g/mol. The third kappa shape index (κ3) is 1.42. The van der Waals surface area contributed by atoms with Gasteiger partial charge in [0, 0.05) is 6.54 Å². The van der Waals surface area contributed by atoms with Crippen LogP contribution < -0.4 is 10.5 Å². The molecule has 0 spiro atoms. The van der Waals surface area contributed by atoms with Crippen molar-refractivity contribution in [3.05, 3.63) is 24.0 Å². The van der Waals surface area contributed by atoms with E-state index in [1.54, 1.807) is 12.1 Å². The lowest BCUT2D eigenvalue weighted by molar-refractivity contribution is 0.318. The Morgan fingerprint density at radius 1 is 1.50 bits per heavy atom. The highest BCUT2D eigenvalue weighted by Crippen LogP contribution is 2.24. The van der Waals surface area contributed by atoms with Crippen LogP contribution >= 0.6 is 0 Å². The fourth-order valence-corrected chi connectivity index (χ4v) is 1.26. The minimum Gasteiger partial charge on any atom is -0.475 e. The predicted molar refractivity (Wildman–Crippen MR) is 50.6 cm³/mol. The Morgan fingerprint density at radius 2 is 2.36 bits per heavy atom. The van der Waals surface area contributed by atoms with Gasteiger partial charge in [-0.1, -0.05) is 6.07 Å². The number of aromatic nitrogens is 2. The summed E-state index contributed by atoms with van der Waals surface area (Å²) in [6, 6.07) is 4.72. The molecule has 4 nitrogen and oxygen atoms in total. The number of halogens is 1. The van der Waals surface area contributed by atoms with E-state index >= 15 is 0 Å². The van der Waals surface area contributed by atoms with Crippen molar-refractivity contribution < 1.29 is 9.13 Å². The molecule has 1 aromatic heterocycles. The van der Waals surface area contributed by atoms with E-state index in [0.717, 1.165) is 0 Å². The Kier molecular flexibility index (Phi) is 2.32. The van der Waals surface area contributed by atoms with Gasteiger partial charge in [-0.05, 0) is 12.1 Å². The van der Waals surface area contributed by atoms with E-state index in [0.29, 0.717) is 24.1 Å². The second kappa shape index (κ2) is 3.63. The summed E-state index contributed by atoms with van der Waals surface area (Å²) in [6.45, 7) is 0.705. The summed E-state index contributed by atoms with van der Waals surface area (Å²) in [6.07, 6.45) is 0. The van der Waals surface area contributed by atoms with E-state index in [1.807, 2.05) is 0 Å². The number of nitrogens with one attached hydrogen (secondary N) is 1. The largest absolute Gasteiger partial charge is 0.475 e. The lowest BCUT2D eigenvalue weighted by atomic mass is 10.2. The van der Waals surface area contributed by atoms with Gasteiger partial charge in [-0.2, -0.15) is 0 Å². The minimum atomic E-state index is -0.344. The molecular formula is C9H10FN3O. The number of H-pyrrole nitrogens is 1. The maximum atomic E-state index is 13.3. The number of nitrogens with zero attached hydrogens (tertiary/aromatic N) is 1. The van der Waals surface area contributed by atoms with E-state index in [-0.39, 0.29) is 11.7 Å². The van der Waals surface area contributed by atoms with Crippen molar-refractivity contribution in [3.63, 3.8) is 0 Å². The zero-order valence-electron chi connectivity index (χ0n) is 7.46. The molecule has 2 aromatic rings. The van der Waals surface area contributed by atoms with Gasteiger partial charge in [0.05, 0.1) is 10.9 Å². The number of hydrogen-bond donors (Lipinski definition) is 2. The van der Waals surface area contributed by atoms with Crippen LogP contribution in [0.2, 0.25) is 0 Å². The quantitative estimate of drug-likeness (QED) is 0.769. The van der Waals surface area contributed by atoms with Crippen LogP contribution in [-0.2, 0) is 0 Å². The Morgan fingerprint density at radius 3 is 3.14 bits per heavy atom. The molecule has 0 saturated heterocycles. The number of aromatic amines is 1. The summed E-state index contributed by atoms with van der Waals surface area (Å²) in [5, 5.41) is 6.91. The van der Waals surface area contributed by atoms with Crippen LogP contribution in [0.1, 0.15) is 0 Å². The average molecular weight is 195 g/mol. The second-order valence-corrected chi connectivity index (χ2v) is 2.83. The zero-order valence-corrected chi connectivity index (χ0v) is 7.46. The van der Waals surface area contributed by atoms with Crippen molar-refractivity contribution in [3.8, 4) is 5.88 Å². The molecule has 0 fully saturated rings. The molecule has 0 aliphatic carbocycles. The maximum absolute atomic E-state index is 13.3. The molecule has 5 heteroatoms. The first-order valence-electron chi connectivity index (χ1n) is 4.28. The van der Waals surface area contributed by atoms with Gasteiger partial charge in [0.15, 0.2) is 0 Å². The Bertz CT molecular complexity index is 441. The normalized spacial score (nSPS) is 10.7. The van der Waals surface area contributed by atoms with Gasteiger partial charge in [-0.3, -0.25) is 5.10 Å². The van der Waals surface area contributed by atoms with E-state index < -0.39 is 0 Å². The second-order valence-electron chi connectivity index (χ2n) is 2.83. The smallest absolute Gasteiger partial charge is 0.243 e. The Labute approximate surface area is 79.9 Å². The van der Waals surface area contributed by atoms with Gasteiger partial charge in [-0.25, -0.2) is 4.39 Å². The molecule has 2 rings (SSSR count). The van der Waals surface area contributed by atoms with Crippen LogP contribution in [-0.4, -0.2) is 23.3 Å². The van der Waals surface area contributed by atoms with Gasteiger partial charge in [0.25, 0.3) is 0 Å². The molecule has 0 radical (unpaired) electrons. The van der Waals surface area contributed by atoms with E-state index in [1.165, 1.54) is 6.07 Å². The number of rotatable bonds is 3. The van der Waals surface area contributed by atoms with Crippen molar-refractivity contribution in [2.24, 2.45) is 5.73 Å². The highest BCUT2D eigenvalue weighted by atomic mass is 19.1. The highest BCUT2D eigenvalue weighted by Gasteiger charge is 2.10. The summed E-state index contributed by atoms with van der Waals surface area (Å²) in [7, 11) is 0. The van der Waals surface area contributed by atoms with E-state index in [9.17, 15) is 4.39 Å². The van der Waals surface area contributed by atoms with Crippen molar-refractivity contribution in [2.75, 3.05) is 13.2 Å². The zero-order chi connectivity index (χ0) is 9.97. The molecule has 0 atom stereocenters. The first-order valence-corrected chi connectivity index (χ1v) is 4.28. The molecule has 14 heavy (non-hydrogen) atoms. The van der Waals surface area contributed by atoms with Crippen LogP contribution in [0.25, 0.3) is 10.9 Å². The van der Waals surface area contributed by atoms with Crippen LogP contribution in [0.15, 0.2) is 18.2 Å². The molecule has 0 aliphatic rings.